The maximum absolute atomic E-state index is 12.6. The van der Waals surface area contributed by atoms with E-state index in [1.165, 1.54) is 10.8 Å². The van der Waals surface area contributed by atoms with Crippen molar-refractivity contribution in [3.05, 3.63) is 59.1 Å². The van der Waals surface area contributed by atoms with E-state index in [9.17, 15) is 14.4 Å². The Hall–Kier alpha value is -3.95. The summed E-state index contributed by atoms with van der Waals surface area (Å²) < 4.78 is 6.82. The fourth-order valence-electron chi connectivity index (χ4n) is 3.72. The summed E-state index contributed by atoms with van der Waals surface area (Å²) in [5.41, 5.74) is 1.28. The van der Waals surface area contributed by atoms with Crippen molar-refractivity contribution in [1.82, 2.24) is 19.4 Å². The summed E-state index contributed by atoms with van der Waals surface area (Å²) >= 11 is 0. The van der Waals surface area contributed by atoms with E-state index < -0.39 is 5.60 Å². The van der Waals surface area contributed by atoms with Crippen molar-refractivity contribution >= 4 is 34.5 Å². The number of anilines is 2. The lowest BCUT2D eigenvalue weighted by molar-refractivity contribution is -0.116. The second-order valence-electron chi connectivity index (χ2n) is 9.08. The number of carbonyl (C=O) groups excluding carboxylic acids is 2. The highest BCUT2D eigenvalue weighted by Gasteiger charge is 2.26. The van der Waals surface area contributed by atoms with E-state index in [0.717, 1.165) is 5.69 Å². The van der Waals surface area contributed by atoms with E-state index in [2.05, 4.69) is 20.2 Å². The van der Waals surface area contributed by atoms with Gasteiger partial charge in [0.2, 0.25) is 5.91 Å². The van der Waals surface area contributed by atoms with Crippen LogP contribution in [-0.4, -0.2) is 63.2 Å². The average molecular weight is 465 g/mol. The summed E-state index contributed by atoms with van der Waals surface area (Å²) in [5.74, 6) is 0.0391. The first-order chi connectivity index (χ1) is 16.2. The van der Waals surface area contributed by atoms with Crippen LogP contribution in [0.2, 0.25) is 0 Å². The number of amides is 2. The van der Waals surface area contributed by atoms with Gasteiger partial charge >= 0.3 is 6.09 Å². The van der Waals surface area contributed by atoms with Gasteiger partial charge in [0.05, 0.1) is 29.1 Å². The highest BCUT2D eigenvalue weighted by atomic mass is 16.6. The number of carbonyl (C=O) groups is 2. The van der Waals surface area contributed by atoms with E-state index in [1.807, 2.05) is 32.9 Å². The summed E-state index contributed by atoms with van der Waals surface area (Å²) in [4.78, 5) is 49.3. The van der Waals surface area contributed by atoms with Crippen molar-refractivity contribution in [2.24, 2.45) is 0 Å². The quantitative estimate of drug-likeness (QED) is 0.632. The first-order valence-corrected chi connectivity index (χ1v) is 11.1. The van der Waals surface area contributed by atoms with Crippen molar-refractivity contribution in [1.29, 1.82) is 0 Å². The molecule has 0 aliphatic carbocycles. The number of ether oxygens (including phenoxy) is 1. The molecule has 0 spiro atoms. The van der Waals surface area contributed by atoms with E-state index in [1.54, 1.807) is 35.4 Å². The minimum absolute atomic E-state index is 0.141. The van der Waals surface area contributed by atoms with Crippen LogP contribution in [0.1, 0.15) is 20.8 Å². The Kier molecular flexibility index (Phi) is 6.49. The van der Waals surface area contributed by atoms with Gasteiger partial charge in [0.1, 0.15) is 18.0 Å². The first kappa shape index (κ1) is 23.2. The number of benzene rings is 1. The van der Waals surface area contributed by atoms with Gasteiger partial charge in [-0.05, 0) is 45.0 Å². The number of para-hydroxylation sites is 2. The van der Waals surface area contributed by atoms with Crippen LogP contribution in [0.25, 0.3) is 11.0 Å². The molecule has 3 heterocycles. The molecule has 0 bridgehead atoms. The summed E-state index contributed by atoms with van der Waals surface area (Å²) in [6.45, 7) is 7.84. The fraction of sp³-hybridized carbons (Fsp3) is 0.375. The standard InChI is InChI=1S/C24H28N6O4/c1-24(2,3)34-23(33)29-12-10-28(11-13-29)17-8-9-20(26-14-17)27-21(31)16-30-19-7-5-4-6-18(19)25-15-22(30)32/h4-9,14-15H,10-13,16H2,1-3H3,(H,26,27,31). The third-order valence-electron chi connectivity index (χ3n) is 5.37. The minimum Gasteiger partial charge on any atom is -0.444 e. The Morgan fingerprint density at radius 1 is 1.00 bits per heavy atom. The van der Waals surface area contributed by atoms with Gasteiger partial charge in [0.25, 0.3) is 5.56 Å². The molecule has 1 aromatic carbocycles. The molecule has 0 unspecified atom stereocenters. The molecule has 34 heavy (non-hydrogen) atoms. The van der Waals surface area contributed by atoms with Gasteiger partial charge in [-0.1, -0.05) is 12.1 Å². The van der Waals surface area contributed by atoms with Crippen LogP contribution in [0, 0.1) is 0 Å². The van der Waals surface area contributed by atoms with Gasteiger partial charge in [0, 0.05) is 26.2 Å². The van der Waals surface area contributed by atoms with Crippen LogP contribution >= 0.6 is 0 Å². The lowest BCUT2D eigenvalue weighted by atomic mass is 10.2. The molecule has 2 aromatic heterocycles. The zero-order chi connectivity index (χ0) is 24.3. The molecule has 0 saturated carbocycles. The summed E-state index contributed by atoms with van der Waals surface area (Å²) in [6, 6.07) is 10.8. The maximum Gasteiger partial charge on any atom is 0.410 e. The predicted octanol–water partition coefficient (Wildman–Crippen LogP) is 2.49. The molecular weight excluding hydrogens is 436 g/mol. The molecule has 0 atom stereocenters. The maximum atomic E-state index is 12.6. The molecule has 1 aliphatic rings. The van der Waals surface area contributed by atoms with Gasteiger partial charge < -0.3 is 19.9 Å². The highest BCUT2D eigenvalue weighted by molar-refractivity contribution is 5.90. The zero-order valence-electron chi connectivity index (χ0n) is 19.5. The van der Waals surface area contributed by atoms with Crippen molar-refractivity contribution in [3.8, 4) is 0 Å². The number of aromatic nitrogens is 3. The highest BCUT2D eigenvalue weighted by Crippen LogP contribution is 2.19. The molecule has 1 aliphatic heterocycles. The Labute approximate surface area is 197 Å². The number of fused-ring (bicyclic) bond motifs is 1. The molecule has 10 heteroatoms. The molecular formula is C24H28N6O4. The smallest absolute Gasteiger partial charge is 0.410 e. The normalized spacial score (nSPS) is 14.2. The van der Waals surface area contributed by atoms with Crippen LogP contribution in [0.5, 0.6) is 0 Å². The molecule has 1 saturated heterocycles. The summed E-state index contributed by atoms with van der Waals surface area (Å²) in [6.07, 6.45) is 2.60. The topological polar surface area (TPSA) is 110 Å². The van der Waals surface area contributed by atoms with Crippen LogP contribution < -0.4 is 15.8 Å². The molecule has 0 radical (unpaired) electrons. The van der Waals surface area contributed by atoms with Crippen LogP contribution in [0.3, 0.4) is 0 Å². The largest absolute Gasteiger partial charge is 0.444 e. The van der Waals surface area contributed by atoms with Crippen LogP contribution in [0.4, 0.5) is 16.3 Å². The minimum atomic E-state index is -0.517. The monoisotopic (exact) mass is 464 g/mol. The van der Waals surface area contributed by atoms with E-state index in [4.69, 9.17) is 4.74 Å². The Bertz CT molecular complexity index is 1240. The Balaban J connectivity index is 1.34. The molecule has 3 aromatic rings. The SMILES string of the molecule is CC(C)(C)OC(=O)N1CCN(c2ccc(NC(=O)Cn3c(=O)cnc4ccccc43)nc2)CC1. The van der Waals surface area contributed by atoms with Gasteiger partial charge in [-0.3, -0.25) is 14.2 Å². The first-order valence-electron chi connectivity index (χ1n) is 11.1. The predicted molar refractivity (Wildman–Crippen MR) is 129 cm³/mol. The zero-order valence-corrected chi connectivity index (χ0v) is 19.5. The molecule has 1 N–H and O–H groups in total. The number of rotatable bonds is 4. The summed E-state index contributed by atoms with van der Waals surface area (Å²) in [5, 5.41) is 2.74. The average Bonchev–Trinajstić information content (AvgIpc) is 2.80. The lowest BCUT2D eigenvalue weighted by Crippen LogP contribution is -2.50. The third-order valence-corrected chi connectivity index (χ3v) is 5.37. The van der Waals surface area contributed by atoms with E-state index in [-0.39, 0.29) is 24.1 Å². The number of nitrogens with one attached hydrogen (secondary N) is 1. The second-order valence-corrected chi connectivity index (χ2v) is 9.08. The van der Waals surface area contributed by atoms with Gasteiger partial charge in [-0.25, -0.2) is 14.8 Å². The summed E-state index contributed by atoms with van der Waals surface area (Å²) in [7, 11) is 0. The third kappa shape index (κ3) is 5.51. The van der Waals surface area contributed by atoms with Gasteiger partial charge in [-0.15, -0.1) is 0 Å². The number of piperazine rings is 1. The molecule has 178 valence electrons. The fourth-order valence-corrected chi connectivity index (χ4v) is 3.72. The van der Waals surface area contributed by atoms with Crippen LogP contribution in [-0.2, 0) is 16.1 Å². The van der Waals surface area contributed by atoms with Crippen molar-refractivity contribution in [2.45, 2.75) is 32.9 Å². The number of nitrogens with zero attached hydrogens (tertiary/aromatic N) is 5. The van der Waals surface area contributed by atoms with Crippen LogP contribution in [0.15, 0.2) is 53.6 Å². The molecule has 2 amide bonds. The Morgan fingerprint density at radius 2 is 1.74 bits per heavy atom. The van der Waals surface area contributed by atoms with Crippen molar-refractivity contribution in [2.75, 3.05) is 36.4 Å². The van der Waals surface area contributed by atoms with E-state index >= 15 is 0 Å². The lowest BCUT2D eigenvalue weighted by Gasteiger charge is -2.36. The number of hydrogen-bond donors (Lipinski definition) is 1. The van der Waals surface area contributed by atoms with Crippen molar-refractivity contribution in [3.63, 3.8) is 0 Å². The van der Waals surface area contributed by atoms with E-state index in [0.29, 0.717) is 43.0 Å². The molecule has 1 fully saturated rings. The Morgan fingerprint density at radius 3 is 2.41 bits per heavy atom. The van der Waals surface area contributed by atoms with Gasteiger partial charge in [-0.2, -0.15) is 0 Å². The van der Waals surface area contributed by atoms with Crippen molar-refractivity contribution < 1.29 is 14.3 Å². The number of pyridine rings is 1. The van der Waals surface area contributed by atoms with Gasteiger partial charge in [0.15, 0.2) is 0 Å². The molecule has 4 rings (SSSR count). The second kappa shape index (κ2) is 9.50. The number of hydrogen-bond acceptors (Lipinski definition) is 7. The molecule has 10 nitrogen and oxygen atoms in total.